The predicted octanol–water partition coefficient (Wildman–Crippen LogP) is 8.09. The Morgan fingerprint density at radius 1 is 0.750 bits per heavy atom. The van der Waals surface area contributed by atoms with Gasteiger partial charge >= 0.3 is 0 Å². The van der Waals surface area contributed by atoms with Crippen molar-refractivity contribution in [1.82, 2.24) is 0 Å². The molecule has 2 nitrogen and oxygen atoms in total. The molecule has 0 N–H and O–H groups in total. The van der Waals surface area contributed by atoms with Crippen LogP contribution in [0, 0.1) is 0 Å². The first kappa shape index (κ1) is 23.1. The van der Waals surface area contributed by atoms with Crippen LogP contribution in [0.5, 0.6) is 11.5 Å². The molecule has 3 heteroatoms. The number of hydrogen-bond donors (Lipinski definition) is 0. The molecule has 0 fully saturated rings. The van der Waals surface area contributed by atoms with Gasteiger partial charge in [0.05, 0.1) is 13.2 Å². The Morgan fingerprint density at radius 2 is 1.39 bits per heavy atom. The smallest absolute Gasteiger partial charge is 0.130 e. The quantitative estimate of drug-likeness (QED) is 0.202. The topological polar surface area (TPSA) is 18.5 Å². The summed E-state index contributed by atoms with van der Waals surface area (Å²) >= 11 is 3.50. The number of fused-ring (bicyclic) bond motifs is 1. The third-order valence-corrected chi connectivity index (χ3v) is 5.76. The van der Waals surface area contributed by atoms with Crippen molar-refractivity contribution in [2.75, 3.05) is 18.5 Å². The molecule has 2 rings (SSSR count). The van der Waals surface area contributed by atoms with Crippen molar-refractivity contribution in [3.63, 3.8) is 0 Å². The van der Waals surface area contributed by atoms with Crippen LogP contribution in [0.2, 0.25) is 0 Å². The summed E-state index contributed by atoms with van der Waals surface area (Å²) in [5.74, 6) is 2.06. The van der Waals surface area contributed by atoms with Crippen molar-refractivity contribution < 1.29 is 9.47 Å². The zero-order valence-corrected chi connectivity index (χ0v) is 19.4. The highest BCUT2D eigenvalue weighted by molar-refractivity contribution is 9.09. The summed E-state index contributed by atoms with van der Waals surface area (Å²) in [4.78, 5) is 0. The molecule has 0 amide bonds. The van der Waals surface area contributed by atoms with E-state index < -0.39 is 0 Å². The third-order valence-electron chi connectivity index (χ3n) is 5.19. The fourth-order valence-corrected chi connectivity index (χ4v) is 3.93. The van der Waals surface area contributed by atoms with E-state index in [-0.39, 0.29) is 0 Å². The molecule has 0 saturated carbocycles. The van der Waals surface area contributed by atoms with E-state index in [4.69, 9.17) is 9.47 Å². The molecule has 0 heterocycles. The molecule has 0 aliphatic heterocycles. The second-order valence-corrected chi connectivity index (χ2v) is 8.27. The summed E-state index contributed by atoms with van der Waals surface area (Å²) in [6.07, 6.45) is 12.1. The van der Waals surface area contributed by atoms with Gasteiger partial charge in [-0.1, -0.05) is 92.6 Å². The summed E-state index contributed by atoms with van der Waals surface area (Å²) in [7, 11) is 0. The molecular formula is C25H37BrO2. The van der Waals surface area contributed by atoms with Crippen LogP contribution in [0.1, 0.15) is 77.2 Å². The van der Waals surface area contributed by atoms with Gasteiger partial charge in [0, 0.05) is 16.1 Å². The zero-order chi connectivity index (χ0) is 20.0. The Labute approximate surface area is 180 Å². The Morgan fingerprint density at radius 3 is 2.11 bits per heavy atom. The van der Waals surface area contributed by atoms with Gasteiger partial charge in [-0.3, -0.25) is 0 Å². The maximum absolute atomic E-state index is 6.23. The molecule has 2 aromatic rings. The fraction of sp³-hybridized carbons (Fsp3) is 0.600. The van der Waals surface area contributed by atoms with Crippen molar-refractivity contribution in [3.05, 3.63) is 35.9 Å². The average Bonchev–Trinajstić information content (AvgIpc) is 2.73. The molecule has 0 unspecified atom stereocenters. The SMILES string of the molecule is CCCCCOc1c(CC)cc(OCCCCCCCCBr)c2ccccc12. The highest BCUT2D eigenvalue weighted by Crippen LogP contribution is 2.37. The molecule has 0 spiro atoms. The zero-order valence-electron chi connectivity index (χ0n) is 17.8. The normalized spacial score (nSPS) is 11.1. The number of benzene rings is 2. The first-order chi connectivity index (χ1) is 13.8. The van der Waals surface area contributed by atoms with E-state index >= 15 is 0 Å². The number of alkyl halides is 1. The van der Waals surface area contributed by atoms with Gasteiger partial charge in [-0.2, -0.15) is 0 Å². The number of hydrogen-bond acceptors (Lipinski definition) is 2. The summed E-state index contributed by atoms with van der Waals surface area (Å²) < 4.78 is 12.5. The largest absolute Gasteiger partial charge is 0.493 e. The maximum atomic E-state index is 6.23. The summed E-state index contributed by atoms with van der Waals surface area (Å²) in [5.41, 5.74) is 1.25. The Kier molecular flexibility index (Phi) is 11.4. The molecule has 0 bridgehead atoms. The maximum Gasteiger partial charge on any atom is 0.130 e. The molecule has 0 aromatic heterocycles. The Bertz CT molecular complexity index is 684. The van der Waals surface area contributed by atoms with Gasteiger partial charge in [-0.15, -0.1) is 0 Å². The first-order valence-corrected chi connectivity index (χ1v) is 12.3. The van der Waals surface area contributed by atoms with Gasteiger partial charge in [0.1, 0.15) is 11.5 Å². The molecular weight excluding hydrogens is 412 g/mol. The molecule has 0 aliphatic carbocycles. The minimum absolute atomic E-state index is 0.792. The van der Waals surface area contributed by atoms with E-state index in [1.807, 2.05) is 0 Å². The van der Waals surface area contributed by atoms with Gasteiger partial charge < -0.3 is 9.47 Å². The van der Waals surface area contributed by atoms with E-state index in [1.54, 1.807) is 0 Å². The van der Waals surface area contributed by atoms with Crippen LogP contribution in [0.25, 0.3) is 10.8 Å². The lowest BCUT2D eigenvalue weighted by Gasteiger charge is -2.17. The Hall–Kier alpha value is -1.22. The number of unbranched alkanes of at least 4 members (excludes halogenated alkanes) is 7. The first-order valence-electron chi connectivity index (χ1n) is 11.2. The van der Waals surface area contributed by atoms with E-state index in [9.17, 15) is 0 Å². The van der Waals surface area contributed by atoms with Crippen molar-refractivity contribution in [2.45, 2.75) is 78.1 Å². The van der Waals surface area contributed by atoms with Crippen molar-refractivity contribution in [3.8, 4) is 11.5 Å². The van der Waals surface area contributed by atoms with Crippen LogP contribution in [0.15, 0.2) is 30.3 Å². The van der Waals surface area contributed by atoms with E-state index in [2.05, 4.69) is 60.1 Å². The lowest BCUT2D eigenvalue weighted by molar-refractivity contribution is 0.300. The Balaban J connectivity index is 2.00. The molecule has 0 radical (unpaired) electrons. The number of halogens is 1. The van der Waals surface area contributed by atoms with Crippen LogP contribution in [0.3, 0.4) is 0 Å². The second-order valence-electron chi connectivity index (χ2n) is 7.48. The minimum Gasteiger partial charge on any atom is -0.493 e. The van der Waals surface area contributed by atoms with Crippen LogP contribution in [0.4, 0.5) is 0 Å². The standard InChI is InChI=1S/C25H37BrO2/c1-3-5-13-19-28-25-21(4-2)20-24(22-15-10-11-16-23(22)25)27-18-14-9-7-6-8-12-17-26/h10-11,15-16,20H,3-9,12-14,17-19H2,1-2H3. The predicted molar refractivity (Wildman–Crippen MR) is 125 cm³/mol. The van der Waals surface area contributed by atoms with Crippen LogP contribution in [-0.2, 0) is 6.42 Å². The highest BCUT2D eigenvalue weighted by atomic mass is 79.9. The molecule has 156 valence electrons. The molecule has 0 saturated heterocycles. The average molecular weight is 449 g/mol. The van der Waals surface area contributed by atoms with Crippen LogP contribution >= 0.6 is 15.9 Å². The van der Waals surface area contributed by atoms with E-state index in [0.717, 1.165) is 49.3 Å². The fourth-order valence-electron chi connectivity index (χ4n) is 3.54. The number of rotatable bonds is 15. The third kappa shape index (κ3) is 7.31. The van der Waals surface area contributed by atoms with Gasteiger partial charge in [0.25, 0.3) is 0 Å². The molecule has 28 heavy (non-hydrogen) atoms. The number of aryl methyl sites for hydroxylation is 1. The van der Waals surface area contributed by atoms with Gasteiger partial charge in [-0.05, 0) is 37.3 Å². The summed E-state index contributed by atoms with van der Waals surface area (Å²) in [6.45, 7) is 6.00. The van der Waals surface area contributed by atoms with Crippen LogP contribution in [-0.4, -0.2) is 18.5 Å². The molecule has 0 atom stereocenters. The number of ether oxygens (including phenoxy) is 2. The monoisotopic (exact) mass is 448 g/mol. The minimum atomic E-state index is 0.792. The van der Waals surface area contributed by atoms with Gasteiger partial charge in [-0.25, -0.2) is 0 Å². The summed E-state index contributed by atoms with van der Waals surface area (Å²) in [6, 6.07) is 10.7. The lowest BCUT2D eigenvalue weighted by Crippen LogP contribution is -2.03. The van der Waals surface area contributed by atoms with Crippen LogP contribution < -0.4 is 9.47 Å². The van der Waals surface area contributed by atoms with Gasteiger partial charge in [0.2, 0.25) is 0 Å². The summed E-state index contributed by atoms with van der Waals surface area (Å²) in [5, 5.41) is 3.48. The van der Waals surface area contributed by atoms with Crippen molar-refractivity contribution >= 4 is 26.7 Å². The van der Waals surface area contributed by atoms with Crippen molar-refractivity contribution in [2.24, 2.45) is 0 Å². The van der Waals surface area contributed by atoms with Crippen molar-refractivity contribution in [1.29, 1.82) is 0 Å². The van der Waals surface area contributed by atoms with Gasteiger partial charge in [0.15, 0.2) is 0 Å². The van der Waals surface area contributed by atoms with E-state index in [1.165, 1.54) is 61.3 Å². The highest BCUT2D eigenvalue weighted by Gasteiger charge is 2.13. The second kappa shape index (κ2) is 13.9. The molecule has 0 aliphatic rings. The lowest BCUT2D eigenvalue weighted by atomic mass is 10.0. The molecule has 2 aromatic carbocycles. The van der Waals surface area contributed by atoms with E-state index in [0.29, 0.717) is 0 Å².